The van der Waals surface area contributed by atoms with E-state index >= 15 is 0 Å². The Morgan fingerprint density at radius 3 is 2.68 bits per heavy atom. The Morgan fingerprint density at radius 2 is 2.00 bits per heavy atom. The van der Waals surface area contributed by atoms with Crippen molar-refractivity contribution in [2.75, 3.05) is 11.9 Å². The minimum Gasteiger partial charge on any atom is -0.352 e. The van der Waals surface area contributed by atoms with Crippen molar-refractivity contribution < 1.29 is 9.59 Å². The molecular weight excluding hydrogens is 276 g/mol. The van der Waals surface area contributed by atoms with Crippen molar-refractivity contribution in [1.82, 2.24) is 5.32 Å². The van der Waals surface area contributed by atoms with Gasteiger partial charge < -0.3 is 10.6 Å². The number of benzene rings is 1. The fourth-order valence-electron chi connectivity index (χ4n) is 2.45. The average Bonchev–Trinajstić information content (AvgIpc) is 2.54. The largest absolute Gasteiger partial charge is 0.352 e. The van der Waals surface area contributed by atoms with E-state index < -0.39 is 0 Å². The molecule has 1 aliphatic rings. The zero-order chi connectivity index (χ0) is 15.9. The molecule has 0 spiro atoms. The van der Waals surface area contributed by atoms with E-state index in [1.165, 1.54) is 0 Å². The Labute approximate surface area is 132 Å². The second kappa shape index (κ2) is 7.78. The van der Waals surface area contributed by atoms with Crippen LogP contribution in [0.3, 0.4) is 0 Å². The average molecular weight is 300 g/mol. The summed E-state index contributed by atoms with van der Waals surface area (Å²) in [7, 11) is 0. The number of allylic oxidation sites excluding steroid dienone is 2. The monoisotopic (exact) mass is 300 g/mol. The summed E-state index contributed by atoms with van der Waals surface area (Å²) in [6, 6.07) is 7.16. The first-order valence-electron chi connectivity index (χ1n) is 7.91. The Hall–Kier alpha value is -2.10. The molecule has 1 aromatic rings. The molecule has 2 N–H and O–H groups in total. The summed E-state index contributed by atoms with van der Waals surface area (Å²) in [4.78, 5) is 24.6. The maximum atomic E-state index is 12.3. The van der Waals surface area contributed by atoms with Crippen molar-refractivity contribution in [2.24, 2.45) is 11.8 Å². The van der Waals surface area contributed by atoms with Crippen molar-refractivity contribution in [3.63, 3.8) is 0 Å². The van der Waals surface area contributed by atoms with Gasteiger partial charge in [-0.3, -0.25) is 9.59 Å². The smallest absolute Gasteiger partial charge is 0.253 e. The van der Waals surface area contributed by atoms with Gasteiger partial charge in [0.2, 0.25) is 5.91 Å². The molecule has 1 unspecified atom stereocenters. The van der Waals surface area contributed by atoms with Gasteiger partial charge in [0.1, 0.15) is 0 Å². The predicted molar refractivity (Wildman–Crippen MR) is 88.7 cm³/mol. The molecule has 0 saturated heterocycles. The molecule has 118 valence electrons. The quantitative estimate of drug-likeness (QED) is 0.819. The van der Waals surface area contributed by atoms with Gasteiger partial charge in [0, 0.05) is 12.5 Å². The van der Waals surface area contributed by atoms with E-state index in [1.807, 2.05) is 26.0 Å². The van der Waals surface area contributed by atoms with Crippen LogP contribution in [0.2, 0.25) is 0 Å². The zero-order valence-corrected chi connectivity index (χ0v) is 13.3. The Bertz CT molecular complexity index is 564. The third-order valence-electron chi connectivity index (χ3n) is 3.74. The van der Waals surface area contributed by atoms with Crippen LogP contribution < -0.4 is 10.6 Å². The van der Waals surface area contributed by atoms with Gasteiger partial charge in [0.15, 0.2) is 0 Å². The van der Waals surface area contributed by atoms with E-state index in [0.29, 0.717) is 23.7 Å². The van der Waals surface area contributed by atoms with Crippen LogP contribution >= 0.6 is 0 Å². The summed E-state index contributed by atoms with van der Waals surface area (Å²) in [6.45, 7) is 4.71. The van der Waals surface area contributed by atoms with Gasteiger partial charge in [0.25, 0.3) is 5.91 Å². The molecule has 4 heteroatoms. The molecule has 1 aliphatic carbocycles. The molecule has 1 atom stereocenters. The van der Waals surface area contributed by atoms with E-state index in [-0.39, 0.29) is 17.7 Å². The molecule has 4 nitrogen and oxygen atoms in total. The molecular formula is C18H24N2O2. The number of amides is 2. The standard InChI is InChI=1S/C18H24N2O2/c1-13(2)12-19-18(22)15-10-6-7-11-16(15)20-17(21)14-8-4-3-5-9-14/h3-4,6-7,10-11,13-14H,5,8-9,12H2,1-2H3,(H,19,22)(H,20,21). The van der Waals surface area contributed by atoms with Gasteiger partial charge >= 0.3 is 0 Å². The number of hydrogen-bond donors (Lipinski definition) is 2. The van der Waals surface area contributed by atoms with E-state index in [4.69, 9.17) is 0 Å². The highest BCUT2D eigenvalue weighted by atomic mass is 16.2. The summed E-state index contributed by atoms with van der Waals surface area (Å²) in [5.74, 6) is 0.234. The van der Waals surface area contributed by atoms with Crippen molar-refractivity contribution >= 4 is 17.5 Å². The number of hydrogen-bond acceptors (Lipinski definition) is 2. The molecule has 0 radical (unpaired) electrons. The van der Waals surface area contributed by atoms with Crippen LogP contribution in [0.5, 0.6) is 0 Å². The molecule has 22 heavy (non-hydrogen) atoms. The van der Waals surface area contributed by atoms with Crippen LogP contribution in [0.15, 0.2) is 36.4 Å². The summed E-state index contributed by atoms with van der Waals surface area (Å²) in [5.41, 5.74) is 1.10. The number of carbonyl (C=O) groups is 2. The molecule has 0 bridgehead atoms. The first-order valence-corrected chi connectivity index (χ1v) is 7.91. The summed E-state index contributed by atoms with van der Waals surface area (Å²) >= 11 is 0. The van der Waals surface area contributed by atoms with Gasteiger partial charge in [0.05, 0.1) is 11.3 Å². The summed E-state index contributed by atoms with van der Waals surface area (Å²) < 4.78 is 0. The lowest BCUT2D eigenvalue weighted by molar-refractivity contribution is -0.120. The van der Waals surface area contributed by atoms with E-state index in [0.717, 1.165) is 19.3 Å². The molecule has 1 aromatic carbocycles. The lowest BCUT2D eigenvalue weighted by Gasteiger charge is -2.18. The minimum atomic E-state index is -0.145. The molecule has 0 saturated carbocycles. The molecule has 0 aromatic heterocycles. The van der Waals surface area contributed by atoms with Crippen molar-refractivity contribution in [2.45, 2.75) is 33.1 Å². The van der Waals surface area contributed by atoms with Crippen LogP contribution in [0.4, 0.5) is 5.69 Å². The number of rotatable bonds is 5. The Kier molecular flexibility index (Phi) is 5.75. The van der Waals surface area contributed by atoms with E-state index in [1.54, 1.807) is 12.1 Å². The fraction of sp³-hybridized carbons (Fsp3) is 0.444. The number of para-hydroxylation sites is 1. The topological polar surface area (TPSA) is 58.2 Å². The van der Waals surface area contributed by atoms with Crippen LogP contribution in [0.25, 0.3) is 0 Å². The van der Waals surface area contributed by atoms with Crippen LogP contribution in [0.1, 0.15) is 43.5 Å². The molecule has 0 fully saturated rings. The predicted octanol–water partition coefficient (Wildman–Crippen LogP) is 3.37. The highest BCUT2D eigenvalue weighted by molar-refractivity contribution is 6.04. The first-order chi connectivity index (χ1) is 10.6. The molecule has 2 rings (SSSR count). The van der Waals surface area contributed by atoms with Crippen molar-refractivity contribution in [1.29, 1.82) is 0 Å². The third-order valence-corrected chi connectivity index (χ3v) is 3.74. The van der Waals surface area contributed by atoms with Gasteiger partial charge in [-0.2, -0.15) is 0 Å². The highest BCUT2D eigenvalue weighted by Gasteiger charge is 2.20. The lowest BCUT2D eigenvalue weighted by atomic mass is 9.93. The van der Waals surface area contributed by atoms with E-state index in [9.17, 15) is 9.59 Å². The van der Waals surface area contributed by atoms with E-state index in [2.05, 4.69) is 22.8 Å². The normalized spacial score (nSPS) is 17.3. The maximum Gasteiger partial charge on any atom is 0.253 e. The molecule has 0 heterocycles. The summed E-state index contributed by atoms with van der Waals surface area (Å²) in [5, 5.41) is 5.81. The highest BCUT2D eigenvalue weighted by Crippen LogP contribution is 2.22. The number of anilines is 1. The van der Waals surface area contributed by atoms with Gasteiger partial charge in [-0.25, -0.2) is 0 Å². The van der Waals surface area contributed by atoms with Crippen molar-refractivity contribution in [3.05, 3.63) is 42.0 Å². The van der Waals surface area contributed by atoms with Crippen molar-refractivity contribution in [3.8, 4) is 0 Å². The lowest BCUT2D eigenvalue weighted by Crippen LogP contribution is -2.29. The van der Waals surface area contributed by atoms with Gasteiger partial charge in [-0.1, -0.05) is 38.1 Å². The van der Waals surface area contributed by atoms with Crippen LogP contribution in [0, 0.1) is 11.8 Å². The fourth-order valence-corrected chi connectivity index (χ4v) is 2.45. The molecule has 2 amide bonds. The van der Waals surface area contributed by atoms with Gasteiger partial charge in [-0.15, -0.1) is 0 Å². The SMILES string of the molecule is CC(C)CNC(=O)c1ccccc1NC(=O)C1CC=CCC1. The van der Waals surface area contributed by atoms with Crippen LogP contribution in [-0.2, 0) is 4.79 Å². The van der Waals surface area contributed by atoms with Gasteiger partial charge in [-0.05, 0) is 37.3 Å². The zero-order valence-electron chi connectivity index (χ0n) is 13.3. The Morgan fingerprint density at radius 1 is 1.23 bits per heavy atom. The maximum absolute atomic E-state index is 12.3. The third kappa shape index (κ3) is 4.45. The summed E-state index contributed by atoms with van der Waals surface area (Å²) in [6.07, 6.45) is 6.73. The second-order valence-electron chi connectivity index (χ2n) is 6.12. The minimum absolute atomic E-state index is 0.00298. The van der Waals surface area contributed by atoms with Crippen LogP contribution in [-0.4, -0.2) is 18.4 Å². The first kappa shape index (κ1) is 16.3. The second-order valence-corrected chi connectivity index (χ2v) is 6.12. The molecule has 0 aliphatic heterocycles. The number of carbonyl (C=O) groups excluding carboxylic acids is 2. The Balaban J connectivity index is 2.06. The number of nitrogens with one attached hydrogen (secondary N) is 2.